The van der Waals surface area contributed by atoms with E-state index in [4.69, 9.17) is 26.4 Å². The van der Waals surface area contributed by atoms with Crippen LogP contribution >= 0.6 is 0 Å². The summed E-state index contributed by atoms with van der Waals surface area (Å²) in [6, 6.07) is 1.52. The molecule has 1 aliphatic rings. The molecule has 0 bridgehead atoms. The Morgan fingerprint density at radius 3 is 2.44 bits per heavy atom. The number of piperazine rings is 1. The fraction of sp³-hybridized carbons (Fsp3) is 0.400. The lowest BCUT2D eigenvalue weighted by atomic mass is 9.95. The van der Waals surface area contributed by atoms with Crippen LogP contribution in [0.5, 0.6) is 11.5 Å². The van der Waals surface area contributed by atoms with Crippen molar-refractivity contribution in [3.63, 3.8) is 0 Å². The second kappa shape index (κ2) is 15.0. The predicted molar refractivity (Wildman–Crippen MR) is 145 cm³/mol. The molecule has 1 aromatic carbocycles. The summed E-state index contributed by atoms with van der Waals surface area (Å²) in [6.45, 7) is -0.108. The Hall–Kier alpha value is -5.39. The van der Waals surface area contributed by atoms with E-state index in [1.165, 1.54) is 24.3 Å². The minimum atomic E-state index is -2.96. The number of hydrogen-bond donors (Lipinski definition) is 10. The number of aliphatic carboxylic acids is 3. The van der Waals surface area contributed by atoms with Gasteiger partial charge in [0, 0.05) is 13.0 Å². The van der Waals surface area contributed by atoms with Crippen LogP contribution in [0.15, 0.2) is 28.9 Å². The van der Waals surface area contributed by atoms with Crippen molar-refractivity contribution in [2.24, 2.45) is 16.5 Å². The van der Waals surface area contributed by atoms with Gasteiger partial charge in [-0.15, -0.1) is 0 Å². The zero-order chi connectivity index (χ0) is 32.3. The number of aliphatic hydroxyl groups is 1. The molecule has 2 rings (SSSR count). The van der Waals surface area contributed by atoms with Crippen LogP contribution in [0.2, 0.25) is 0 Å². The summed E-state index contributed by atoms with van der Waals surface area (Å²) in [7, 11) is 0. The molecule has 3 amide bonds. The van der Waals surface area contributed by atoms with E-state index in [2.05, 4.69) is 15.6 Å². The molecule has 18 heteroatoms. The molecule has 1 aromatic rings. The number of nitrogens with zero attached hydrogens (tertiary/aromatic N) is 1. The summed E-state index contributed by atoms with van der Waals surface area (Å²) in [4.78, 5) is 74.6. The lowest BCUT2D eigenvalue weighted by molar-refractivity contribution is -0.167. The van der Waals surface area contributed by atoms with Crippen molar-refractivity contribution in [3.05, 3.63) is 29.5 Å². The Bertz CT molecular complexity index is 1330. The monoisotopic (exact) mass is 608 g/mol. The highest BCUT2D eigenvalue weighted by molar-refractivity contribution is 6.07. The molecule has 3 atom stereocenters. The summed E-state index contributed by atoms with van der Waals surface area (Å²) in [5.41, 5.74) is 7.78. The van der Waals surface area contributed by atoms with E-state index in [1.807, 2.05) is 5.32 Å². The van der Waals surface area contributed by atoms with Gasteiger partial charge in [0.2, 0.25) is 11.8 Å². The second-order valence-corrected chi connectivity index (χ2v) is 9.43. The number of aromatic hydroxyl groups is 1. The van der Waals surface area contributed by atoms with E-state index < -0.39 is 66.2 Å². The molecule has 0 spiro atoms. The average molecular weight is 609 g/mol. The van der Waals surface area contributed by atoms with Gasteiger partial charge in [0.25, 0.3) is 5.91 Å². The van der Waals surface area contributed by atoms with Gasteiger partial charge in [0.05, 0.1) is 19.4 Å². The molecule has 0 radical (unpaired) electrons. The minimum absolute atomic E-state index is 0.0833. The first kappa shape index (κ1) is 33.8. The van der Waals surface area contributed by atoms with Crippen LogP contribution in [-0.4, -0.2) is 98.0 Å². The number of nitrogens with two attached hydrogens (primary N) is 2. The van der Waals surface area contributed by atoms with Crippen molar-refractivity contribution in [2.45, 2.75) is 49.8 Å². The van der Waals surface area contributed by atoms with Gasteiger partial charge in [-0.05, 0) is 36.6 Å². The number of carboxylic acids is 3. The highest BCUT2D eigenvalue weighted by Crippen LogP contribution is 2.28. The number of aliphatic imine (C=N–C) groups is 1. The van der Waals surface area contributed by atoms with Gasteiger partial charge >= 0.3 is 17.9 Å². The van der Waals surface area contributed by atoms with Crippen LogP contribution in [0.1, 0.15) is 37.7 Å². The van der Waals surface area contributed by atoms with Gasteiger partial charge in [-0.2, -0.15) is 0 Å². The topological polar surface area (TPSA) is 313 Å². The summed E-state index contributed by atoms with van der Waals surface area (Å²) < 4.78 is 5.43. The zero-order valence-corrected chi connectivity index (χ0v) is 22.6. The molecule has 1 saturated heterocycles. The van der Waals surface area contributed by atoms with E-state index >= 15 is 0 Å². The number of guanidine groups is 1. The molecule has 0 aliphatic carbocycles. The van der Waals surface area contributed by atoms with Crippen molar-refractivity contribution >= 4 is 47.7 Å². The summed E-state index contributed by atoms with van der Waals surface area (Å²) in [5.74, 6) is -8.04. The molecular formula is C25H32N6O12. The normalized spacial score (nSPS) is 17.5. The van der Waals surface area contributed by atoms with Crippen molar-refractivity contribution in [2.75, 3.05) is 13.2 Å². The number of carbonyl (C=O) groups excluding carboxylic acids is 3. The van der Waals surface area contributed by atoms with Crippen LogP contribution in [0, 0.1) is 0 Å². The second-order valence-electron chi connectivity index (χ2n) is 9.43. The Balaban J connectivity index is 2.01. The number of phenols is 1. The number of rotatable bonds is 16. The van der Waals surface area contributed by atoms with Crippen LogP contribution in [0.4, 0.5) is 0 Å². The number of carbonyl (C=O) groups is 6. The fourth-order valence-electron chi connectivity index (χ4n) is 3.81. The molecule has 234 valence electrons. The Morgan fingerprint density at radius 1 is 1.14 bits per heavy atom. The predicted octanol–water partition coefficient (Wildman–Crippen LogP) is -2.58. The first-order valence-electron chi connectivity index (χ1n) is 12.7. The molecule has 0 aromatic heterocycles. The van der Waals surface area contributed by atoms with E-state index in [9.17, 15) is 44.1 Å². The molecule has 1 aliphatic heterocycles. The maximum Gasteiger partial charge on any atom is 0.336 e. The van der Waals surface area contributed by atoms with Crippen molar-refractivity contribution in [3.8, 4) is 11.5 Å². The SMILES string of the molecule is NC(N)=NCCC[C@@H]1NC(=O)/C(=C/c2ccc(O)c(OCC[C@H](NC(=O)C[C@@](O)(CC(=O)O)C(=O)O)C(=O)O)c2)NC1=O. The molecule has 1 fully saturated rings. The lowest BCUT2D eigenvalue weighted by Crippen LogP contribution is -2.54. The van der Waals surface area contributed by atoms with Gasteiger partial charge in [-0.3, -0.25) is 24.2 Å². The van der Waals surface area contributed by atoms with Gasteiger partial charge < -0.3 is 57.7 Å². The highest BCUT2D eigenvalue weighted by Gasteiger charge is 2.41. The van der Waals surface area contributed by atoms with Crippen molar-refractivity contribution in [1.29, 1.82) is 0 Å². The van der Waals surface area contributed by atoms with Gasteiger partial charge in [-0.25, -0.2) is 9.59 Å². The first-order valence-corrected chi connectivity index (χ1v) is 12.7. The molecule has 18 nitrogen and oxygen atoms in total. The van der Waals surface area contributed by atoms with E-state index in [1.54, 1.807) is 0 Å². The average Bonchev–Trinajstić information content (AvgIpc) is 2.89. The number of ether oxygens (including phenoxy) is 1. The van der Waals surface area contributed by atoms with Crippen LogP contribution in [0.3, 0.4) is 0 Å². The molecular weight excluding hydrogens is 576 g/mol. The number of nitrogens with one attached hydrogen (secondary N) is 3. The molecule has 0 saturated carbocycles. The highest BCUT2D eigenvalue weighted by atomic mass is 16.5. The third-order valence-corrected chi connectivity index (χ3v) is 5.96. The number of amides is 3. The van der Waals surface area contributed by atoms with Crippen molar-refractivity contribution < 1.29 is 59.0 Å². The zero-order valence-electron chi connectivity index (χ0n) is 22.6. The third kappa shape index (κ3) is 10.5. The maximum absolute atomic E-state index is 12.5. The fourth-order valence-corrected chi connectivity index (χ4v) is 3.81. The number of phenolic OH excluding ortho intramolecular Hbond substituents is 1. The Morgan fingerprint density at radius 2 is 1.84 bits per heavy atom. The minimum Gasteiger partial charge on any atom is -0.504 e. The van der Waals surface area contributed by atoms with Crippen LogP contribution in [0.25, 0.3) is 6.08 Å². The number of hydrogen-bond acceptors (Lipinski definition) is 10. The molecule has 0 unspecified atom stereocenters. The summed E-state index contributed by atoms with van der Waals surface area (Å²) in [5, 5.41) is 54.5. The molecule has 12 N–H and O–H groups in total. The maximum atomic E-state index is 12.5. The summed E-state index contributed by atoms with van der Waals surface area (Å²) >= 11 is 0. The summed E-state index contributed by atoms with van der Waals surface area (Å²) in [6.07, 6.45) is -0.862. The molecule has 1 heterocycles. The third-order valence-electron chi connectivity index (χ3n) is 5.96. The smallest absolute Gasteiger partial charge is 0.336 e. The van der Waals surface area contributed by atoms with Crippen LogP contribution < -0.4 is 32.2 Å². The largest absolute Gasteiger partial charge is 0.504 e. The van der Waals surface area contributed by atoms with Gasteiger partial charge in [0.1, 0.15) is 17.8 Å². The van der Waals surface area contributed by atoms with E-state index in [-0.39, 0.29) is 42.7 Å². The van der Waals surface area contributed by atoms with E-state index in [0.29, 0.717) is 18.4 Å². The van der Waals surface area contributed by atoms with Crippen LogP contribution in [-0.2, 0) is 28.8 Å². The quantitative estimate of drug-likeness (QED) is 0.0399. The standard InChI is InChI=1S/C25H32N6O12/c26-24(27)28-6-1-2-13-20(36)31-15(21(37)30-13)8-12-3-4-16(32)17(9-12)43-7-5-14(22(38)39)29-18(33)10-25(42,23(40)41)11-19(34)35/h3-4,8-9,13-14,32,42H,1-2,5-7,10-11H2,(H,29,33)(H,30,37)(H,31,36)(H,34,35)(H,38,39)(H,40,41)(H4,26,27,28)/b15-8-/t13-,14-,25+/m0/s1. The Labute approximate surface area is 243 Å². The van der Waals surface area contributed by atoms with Crippen molar-refractivity contribution in [1.82, 2.24) is 16.0 Å². The van der Waals surface area contributed by atoms with Gasteiger partial charge in [-0.1, -0.05) is 6.07 Å². The van der Waals surface area contributed by atoms with E-state index in [0.717, 1.165) is 0 Å². The number of carboxylic acid groups (broad SMARTS) is 3. The lowest BCUT2D eigenvalue weighted by Gasteiger charge is -2.25. The molecule has 43 heavy (non-hydrogen) atoms. The first-order chi connectivity index (χ1) is 20.1. The van der Waals surface area contributed by atoms with Gasteiger partial charge in [0.15, 0.2) is 23.1 Å². The Kier molecular flexibility index (Phi) is 11.8. The number of benzene rings is 1.